The van der Waals surface area contributed by atoms with Gasteiger partial charge in [-0.15, -0.1) is 6.58 Å². The monoisotopic (exact) mass is 291 g/mol. The third-order valence-electron chi connectivity index (χ3n) is 2.96. The van der Waals surface area contributed by atoms with E-state index in [1.165, 1.54) is 5.56 Å². The Labute approximate surface area is 129 Å². The zero-order valence-corrected chi connectivity index (χ0v) is 13.7. The average molecular weight is 291 g/mol. The van der Waals surface area contributed by atoms with E-state index in [-0.39, 0.29) is 0 Å². The van der Waals surface area contributed by atoms with Gasteiger partial charge in [-0.2, -0.15) is 0 Å². The van der Waals surface area contributed by atoms with Crippen molar-refractivity contribution in [3.8, 4) is 11.5 Å². The Balaban J connectivity index is 2.70. The van der Waals surface area contributed by atoms with Gasteiger partial charge in [-0.1, -0.05) is 32.9 Å². The molecule has 0 spiro atoms. The van der Waals surface area contributed by atoms with E-state index >= 15 is 0 Å². The summed E-state index contributed by atoms with van der Waals surface area (Å²) < 4.78 is 11.5. The number of ether oxygens (including phenoxy) is 2. The average Bonchev–Trinajstić information content (AvgIpc) is 2.46. The van der Waals surface area contributed by atoms with Crippen molar-refractivity contribution in [1.82, 2.24) is 5.32 Å². The molecule has 0 atom stereocenters. The number of hydrogen-bond donors (Lipinski definition) is 1. The van der Waals surface area contributed by atoms with E-state index in [0.717, 1.165) is 44.0 Å². The molecule has 1 aromatic rings. The Bertz CT molecular complexity index is 416. The first-order valence-electron chi connectivity index (χ1n) is 7.87. The molecule has 0 amide bonds. The highest BCUT2D eigenvalue weighted by Gasteiger charge is 2.06. The Morgan fingerprint density at radius 2 is 2.05 bits per heavy atom. The molecule has 0 radical (unpaired) electrons. The van der Waals surface area contributed by atoms with Crippen LogP contribution in [0.4, 0.5) is 0 Å². The standard InChI is InChI=1S/C18H29NO2/c1-5-7-11-21-18-12-17(20-10-6-2)9-8-16(18)14-19-13-15(3)4/h5,8-9,12,15,19H,1,6-7,10-11,13-14H2,2-4H3. The largest absolute Gasteiger partial charge is 0.493 e. The number of rotatable bonds is 11. The molecule has 118 valence electrons. The fraction of sp³-hybridized carbons (Fsp3) is 0.556. The lowest BCUT2D eigenvalue weighted by Crippen LogP contribution is -2.19. The number of nitrogens with one attached hydrogen (secondary N) is 1. The van der Waals surface area contributed by atoms with Crippen LogP contribution in [0.1, 0.15) is 39.2 Å². The van der Waals surface area contributed by atoms with E-state index < -0.39 is 0 Å². The van der Waals surface area contributed by atoms with Crippen molar-refractivity contribution >= 4 is 0 Å². The highest BCUT2D eigenvalue weighted by atomic mass is 16.5. The lowest BCUT2D eigenvalue weighted by molar-refractivity contribution is 0.302. The van der Waals surface area contributed by atoms with Gasteiger partial charge in [-0.25, -0.2) is 0 Å². The molecule has 1 N–H and O–H groups in total. The molecule has 0 saturated heterocycles. The van der Waals surface area contributed by atoms with Crippen molar-refractivity contribution in [2.45, 2.75) is 40.2 Å². The maximum atomic E-state index is 5.86. The molecule has 3 heteroatoms. The van der Waals surface area contributed by atoms with Crippen LogP contribution in [0.3, 0.4) is 0 Å². The minimum atomic E-state index is 0.641. The zero-order chi connectivity index (χ0) is 15.5. The predicted molar refractivity (Wildman–Crippen MR) is 89.1 cm³/mol. The summed E-state index contributed by atoms with van der Waals surface area (Å²) in [5, 5.41) is 3.45. The summed E-state index contributed by atoms with van der Waals surface area (Å²) in [5.41, 5.74) is 1.17. The van der Waals surface area contributed by atoms with Crippen molar-refractivity contribution < 1.29 is 9.47 Å². The van der Waals surface area contributed by atoms with Crippen molar-refractivity contribution in [1.29, 1.82) is 0 Å². The van der Waals surface area contributed by atoms with Crippen LogP contribution in [-0.2, 0) is 6.54 Å². The molecular weight excluding hydrogens is 262 g/mol. The van der Waals surface area contributed by atoms with Crippen molar-refractivity contribution in [2.24, 2.45) is 5.92 Å². The van der Waals surface area contributed by atoms with E-state index in [1.807, 2.05) is 18.2 Å². The maximum absolute atomic E-state index is 5.86. The highest BCUT2D eigenvalue weighted by molar-refractivity contribution is 5.40. The van der Waals surface area contributed by atoms with E-state index in [9.17, 15) is 0 Å². The van der Waals surface area contributed by atoms with Crippen molar-refractivity contribution in [2.75, 3.05) is 19.8 Å². The molecule has 0 aromatic heterocycles. The van der Waals surface area contributed by atoms with E-state index in [1.54, 1.807) is 0 Å². The van der Waals surface area contributed by atoms with Gasteiger partial charge in [-0.3, -0.25) is 0 Å². The Hall–Kier alpha value is -1.48. The molecule has 1 aromatic carbocycles. The second-order valence-electron chi connectivity index (χ2n) is 5.57. The lowest BCUT2D eigenvalue weighted by atomic mass is 10.1. The molecular formula is C18H29NO2. The zero-order valence-electron chi connectivity index (χ0n) is 13.7. The Morgan fingerprint density at radius 3 is 2.71 bits per heavy atom. The quantitative estimate of drug-likeness (QED) is 0.490. The second kappa shape index (κ2) is 10.3. The number of benzene rings is 1. The first kappa shape index (κ1) is 17.6. The van der Waals surface area contributed by atoms with E-state index in [0.29, 0.717) is 12.5 Å². The molecule has 0 heterocycles. The van der Waals surface area contributed by atoms with Gasteiger partial charge in [0.1, 0.15) is 11.5 Å². The van der Waals surface area contributed by atoms with Crippen LogP contribution in [0.2, 0.25) is 0 Å². The minimum Gasteiger partial charge on any atom is -0.493 e. The summed E-state index contributed by atoms with van der Waals surface area (Å²) in [6.45, 7) is 13.4. The summed E-state index contributed by atoms with van der Waals surface area (Å²) in [4.78, 5) is 0. The van der Waals surface area contributed by atoms with Crippen LogP contribution in [0.25, 0.3) is 0 Å². The summed E-state index contributed by atoms with van der Waals surface area (Å²) in [5.74, 6) is 2.42. The molecule has 0 bridgehead atoms. The SMILES string of the molecule is C=CCCOc1cc(OCCC)ccc1CNCC(C)C. The summed E-state index contributed by atoms with van der Waals surface area (Å²) in [6.07, 6.45) is 3.72. The molecule has 0 aliphatic carbocycles. The van der Waals surface area contributed by atoms with Gasteiger partial charge < -0.3 is 14.8 Å². The molecule has 0 aliphatic rings. The number of hydrogen-bond acceptors (Lipinski definition) is 3. The third-order valence-corrected chi connectivity index (χ3v) is 2.96. The lowest BCUT2D eigenvalue weighted by Gasteiger charge is -2.15. The minimum absolute atomic E-state index is 0.641. The smallest absolute Gasteiger partial charge is 0.127 e. The van der Waals surface area contributed by atoms with Gasteiger partial charge in [0.15, 0.2) is 0 Å². The van der Waals surface area contributed by atoms with Crippen molar-refractivity contribution in [3.63, 3.8) is 0 Å². The predicted octanol–water partition coefficient (Wildman–Crippen LogP) is 4.18. The molecule has 0 unspecified atom stereocenters. The van der Waals surface area contributed by atoms with E-state index in [4.69, 9.17) is 9.47 Å². The Morgan fingerprint density at radius 1 is 1.24 bits per heavy atom. The van der Waals surface area contributed by atoms with Crippen LogP contribution < -0.4 is 14.8 Å². The molecule has 21 heavy (non-hydrogen) atoms. The van der Waals surface area contributed by atoms with Gasteiger partial charge in [-0.05, 0) is 31.4 Å². The fourth-order valence-electron chi connectivity index (χ4n) is 1.87. The van der Waals surface area contributed by atoms with Crippen LogP contribution in [0.5, 0.6) is 11.5 Å². The highest BCUT2D eigenvalue weighted by Crippen LogP contribution is 2.25. The summed E-state index contributed by atoms with van der Waals surface area (Å²) in [7, 11) is 0. The molecule has 3 nitrogen and oxygen atoms in total. The second-order valence-corrected chi connectivity index (χ2v) is 5.57. The molecule has 0 saturated carbocycles. The first-order valence-corrected chi connectivity index (χ1v) is 7.87. The summed E-state index contributed by atoms with van der Waals surface area (Å²) >= 11 is 0. The third kappa shape index (κ3) is 7.19. The van der Waals surface area contributed by atoms with Gasteiger partial charge in [0, 0.05) is 18.2 Å². The van der Waals surface area contributed by atoms with Crippen LogP contribution in [0.15, 0.2) is 30.9 Å². The first-order chi connectivity index (χ1) is 10.2. The van der Waals surface area contributed by atoms with Gasteiger partial charge >= 0.3 is 0 Å². The van der Waals surface area contributed by atoms with Crippen molar-refractivity contribution in [3.05, 3.63) is 36.4 Å². The van der Waals surface area contributed by atoms with Crippen LogP contribution in [0, 0.1) is 5.92 Å². The van der Waals surface area contributed by atoms with E-state index in [2.05, 4.69) is 38.7 Å². The summed E-state index contributed by atoms with van der Waals surface area (Å²) in [6, 6.07) is 6.09. The molecule has 0 fully saturated rings. The molecule has 0 aliphatic heterocycles. The van der Waals surface area contributed by atoms with Gasteiger partial charge in [0.2, 0.25) is 0 Å². The normalized spacial score (nSPS) is 10.7. The topological polar surface area (TPSA) is 30.5 Å². The fourth-order valence-corrected chi connectivity index (χ4v) is 1.87. The van der Waals surface area contributed by atoms with Crippen LogP contribution >= 0.6 is 0 Å². The maximum Gasteiger partial charge on any atom is 0.127 e. The van der Waals surface area contributed by atoms with Gasteiger partial charge in [0.05, 0.1) is 13.2 Å². The van der Waals surface area contributed by atoms with Crippen LogP contribution in [-0.4, -0.2) is 19.8 Å². The Kier molecular flexibility index (Phi) is 8.60. The molecule has 1 rings (SSSR count). The van der Waals surface area contributed by atoms with Gasteiger partial charge in [0.25, 0.3) is 0 Å².